The van der Waals surface area contributed by atoms with Crippen LogP contribution < -0.4 is 4.90 Å². The fourth-order valence-electron chi connectivity index (χ4n) is 3.66. The van der Waals surface area contributed by atoms with Gasteiger partial charge in [0.05, 0.1) is 0 Å². The second-order valence-electron chi connectivity index (χ2n) is 6.97. The summed E-state index contributed by atoms with van der Waals surface area (Å²) in [6.45, 7) is 3.72. The van der Waals surface area contributed by atoms with Crippen LogP contribution in [0.15, 0.2) is 36.9 Å². The van der Waals surface area contributed by atoms with Crippen LogP contribution in [0.25, 0.3) is 16.2 Å². The molecule has 1 aromatic carbocycles. The molecule has 0 saturated heterocycles. The number of nitrogens with zero attached hydrogens (tertiary/aromatic N) is 3. The van der Waals surface area contributed by atoms with Crippen molar-refractivity contribution in [3.8, 4) is 11.3 Å². The number of benzene rings is 1. The Bertz CT molecular complexity index is 979. The van der Waals surface area contributed by atoms with Crippen molar-refractivity contribution >= 4 is 27.8 Å². The second-order valence-corrected chi connectivity index (χ2v) is 8.03. The molecule has 2 aromatic heterocycles. The summed E-state index contributed by atoms with van der Waals surface area (Å²) < 4.78 is 2.10. The molecule has 0 fully saturated rings. The fourth-order valence-corrected chi connectivity index (χ4v) is 4.86. The maximum Gasteiger partial charge on any atom is 0.204 e. The topological polar surface area (TPSA) is 37.6 Å². The first-order chi connectivity index (χ1) is 12.6. The number of aryl methyl sites for hydroxylation is 2. The zero-order chi connectivity index (χ0) is 18.3. The third-order valence-corrected chi connectivity index (χ3v) is 6.19. The van der Waals surface area contributed by atoms with Crippen LogP contribution in [0.1, 0.15) is 40.3 Å². The van der Waals surface area contributed by atoms with E-state index in [0.717, 1.165) is 34.7 Å². The minimum Gasteiger partial charge on any atom is -0.378 e. The highest BCUT2D eigenvalue weighted by Gasteiger charge is 2.25. The van der Waals surface area contributed by atoms with Gasteiger partial charge in [0.2, 0.25) is 5.78 Å². The van der Waals surface area contributed by atoms with E-state index < -0.39 is 0 Å². The van der Waals surface area contributed by atoms with Gasteiger partial charge >= 0.3 is 0 Å². The Morgan fingerprint density at radius 3 is 2.62 bits per heavy atom. The zero-order valence-corrected chi connectivity index (χ0v) is 16.1. The van der Waals surface area contributed by atoms with Crippen LogP contribution in [0, 0.1) is 0 Å². The first-order valence-corrected chi connectivity index (χ1v) is 9.89. The molecule has 0 spiro atoms. The van der Waals surface area contributed by atoms with Crippen LogP contribution >= 0.6 is 11.3 Å². The average Bonchev–Trinajstić information content (AvgIpc) is 3.08. The van der Waals surface area contributed by atoms with Crippen molar-refractivity contribution in [3.63, 3.8) is 0 Å². The Morgan fingerprint density at radius 2 is 1.92 bits per heavy atom. The molecule has 0 amide bonds. The van der Waals surface area contributed by atoms with E-state index in [1.54, 1.807) is 11.3 Å². The van der Waals surface area contributed by atoms with Crippen molar-refractivity contribution in [3.05, 3.63) is 53.2 Å². The van der Waals surface area contributed by atoms with Crippen molar-refractivity contribution in [2.45, 2.75) is 32.1 Å². The maximum atomic E-state index is 12.7. The lowest BCUT2D eigenvalue weighted by Gasteiger charge is -2.12. The standard InChI is InChI=1S/C21H23N3OS/c1-4-17(25)20-19(14-10-12-15(13-11-14)23(2)3)22-21-24(20)16-8-6-5-7-9-18(16)26-21/h4,10-13H,1,5-9H2,2-3H3. The minimum absolute atomic E-state index is 0.0611. The molecule has 1 aliphatic carbocycles. The number of aromatic nitrogens is 2. The van der Waals surface area contributed by atoms with Crippen molar-refractivity contribution < 1.29 is 4.79 Å². The number of imidazole rings is 1. The Kier molecular flexibility index (Phi) is 4.41. The minimum atomic E-state index is -0.0611. The predicted molar refractivity (Wildman–Crippen MR) is 109 cm³/mol. The van der Waals surface area contributed by atoms with Crippen molar-refractivity contribution in [1.29, 1.82) is 0 Å². The van der Waals surface area contributed by atoms with Gasteiger partial charge < -0.3 is 4.90 Å². The molecule has 26 heavy (non-hydrogen) atoms. The largest absolute Gasteiger partial charge is 0.378 e. The highest BCUT2D eigenvalue weighted by Crippen LogP contribution is 2.35. The number of ketones is 1. The van der Waals surface area contributed by atoms with Crippen LogP contribution in [0.4, 0.5) is 5.69 Å². The van der Waals surface area contributed by atoms with Crippen molar-refractivity contribution in [1.82, 2.24) is 9.38 Å². The predicted octanol–water partition coefficient (Wildman–Crippen LogP) is 4.77. The molecular weight excluding hydrogens is 342 g/mol. The van der Waals surface area contributed by atoms with Crippen molar-refractivity contribution in [2.24, 2.45) is 0 Å². The van der Waals surface area contributed by atoms with Gasteiger partial charge in [-0.2, -0.15) is 0 Å². The molecular formula is C21H23N3OS. The molecule has 4 rings (SSSR count). The third-order valence-electron chi connectivity index (χ3n) is 5.05. The van der Waals surface area contributed by atoms with E-state index in [9.17, 15) is 4.79 Å². The smallest absolute Gasteiger partial charge is 0.204 e. The van der Waals surface area contributed by atoms with Crippen LogP contribution in [0.5, 0.6) is 0 Å². The number of carbonyl (C=O) groups excluding carboxylic acids is 1. The molecule has 0 saturated carbocycles. The summed E-state index contributed by atoms with van der Waals surface area (Å²) >= 11 is 1.74. The molecule has 0 aliphatic heterocycles. The van der Waals surface area contributed by atoms with Gasteiger partial charge in [-0.05, 0) is 43.9 Å². The molecule has 134 valence electrons. The van der Waals surface area contributed by atoms with Gasteiger partial charge in [0.25, 0.3) is 0 Å². The first-order valence-electron chi connectivity index (χ1n) is 9.07. The lowest BCUT2D eigenvalue weighted by atomic mass is 10.1. The number of thiazole rings is 1. The van der Waals surface area contributed by atoms with Crippen molar-refractivity contribution in [2.75, 3.05) is 19.0 Å². The SMILES string of the molecule is C=CC(=O)c1c(-c2ccc(N(C)C)cc2)nc2sc3c(n12)CCCCC3. The maximum absolute atomic E-state index is 12.7. The highest BCUT2D eigenvalue weighted by molar-refractivity contribution is 7.17. The van der Waals surface area contributed by atoms with Gasteiger partial charge in [-0.25, -0.2) is 4.98 Å². The zero-order valence-electron chi connectivity index (χ0n) is 15.3. The van der Waals surface area contributed by atoms with E-state index in [-0.39, 0.29) is 5.78 Å². The molecule has 2 heterocycles. The number of hydrogen-bond donors (Lipinski definition) is 0. The van der Waals surface area contributed by atoms with E-state index in [4.69, 9.17) is 4.98 Å². The summed E-state index contributed by atoms with van der Waals surface area (Å²) in [6, 6.07) is 8.21. The lowest BCUT2D eigenvalue weighted by molar-refractivity contribution is 0.104. The number of carbonyl (C=O) groups is 1. The molecule has 0 radical (unpaired) electrons. The summed E-state index contributed by atoms with van der Waals surface area (Å²) in [5.74, 6) is -0.0611. The summed E-state index contributed by atoms with van der Waals surface area (Å²) in [4.78, 5) is 22.0. The second kappa shape index (κ2) is 6.72. The van der Waals surface area contributed by atoms with E-state index >= 15 is 0 Å². The molecule has 1 aliphatic rings. The van der Waals surface area contributed by atoms with Crippen LogP contribution in [0.2, 0.25) is 0 Å². The van der Waals surface area contributed by atoms with E-state index in [0.29, 0.717) is 5.69 Å². The molecule has 4 nitrogen and oxygen atoms in total. The van der Waals surface area contributed by atoms with Gasteiger partial charge in [0.1, 0.15) is 11.4 Å². The summed E-state index contributed by atoms with van der Waals surface area (Å²) in [5.41, 5.74) is 4.79. The lowest BCUT2D eigenvalue weighted by Crippen LogP contribution is -2.08. The average molecular weight is 366 g/mol. The highest BCUT2D eigenvalue weighted by atomic mass is 32.1. The Hall–Kier alpha value is -2.40. The van der Waals surface area contributed by atoms with Crippen LogP contribution in [-0.4, -0.2) is 29.3 Å². The van der Waals surface area contributed by atoms with Gasteiger partial charge in [0, 0.05) is 35.9 Å². The normalized spacial score (nSPS) is 14.1. The molecule has 0 bridgehead atoms. The summed E-state index contributed by atoms with van der Waals surface area (Å²) in [7, 11) is 4.03. The Balaban J connectivity index is 1.92. The van der Waals surface area contributed by atoms with E-state index in [1.165, 1.54) is 35.9 Å². The molecule has 0 N–H and O–H groups in total. The molecule has 0 unspecified atom stereocenters. The van der Waals surface area contributed by atoms with Gasteiger partial charge in [0.15, 0.2) is 4.96 Å². The van der Waals surface area contributed by atoms with E-state index in [1.807, 2.05) is 26.2 Å². The molecule has 0 atom stereocenters. The number of anilines is 1. The Morgan fingerprint density at radius 1 is 1.19 bits per heavy atom. The van der Waals surface area contributed by atoms with Crippen LogP contribution in [-0.2, 0) is 12.8 Å². The summed E-state index contributed by atoms with van der Waals surface area (Å²) in [6.07, 6.45) is 7.16. The van der Waals surface area contributed by atoms with E-state index in [2.05, 4.69) is 28.0 Å². The van der Waals surface area contributed by atoms with Gasteiger partial charge in [-0.1, -0.05) is 25.1 Å². The van der Waals surface area contributed by atoms with Crippen LogP contribution in [0.3, 0.4) is 0 Å². The van der Waals surface area contributed by atoms with Gasteiger partial charge in [-0.15, -0.1) is 11.3 Å². The molecule has 5 heteroatoms. The van der Waals surface area contributed by atoms with Gasteiger partial charge in [-0.3, -0.25) is 9.20 Å². The number of allylic oxidation sites excluding steroid dienone is 1. The number of rotatable bonds is 4. The first kappa shape index (κ1) is 17.0. The number of fused-ring (bicyclic) bond motifs is 3. The molecule has 3 aromatic rings. The monoisotopic (exact) mass is 365 g/mol. The fraction of sp³-hybridized carbons (Fsp3) is 0.333. The number of hydrogen-bond acceptors (Lipinski definition) is 4. The summed E-state index contributed by atoms with van der Waals surface area (Å²) in [5, 5.41) is 0. The quantitative estimate of drug-likeness (QED) is 0.380. The third kappa shape index (κ3) is 2.76. The Labute approximate surface area is 157 Å².